The maximum Gasteiger partial charge on any atom is 0.247 e. The molecule has 36 heavy (non-hydrogen) atoms. The average molecular weight is 532 g/mol. The Kier molecular flexibility index (Phi) is 9.49. The summed E-state index contributed by atoms with van der Waals surface area (Å²) in [5.74, 6) is 1.31. The zero-order valence-electron chi connectivity index (χ0n) is 20.7. The molecule has 0 unspecified atom stereocenters. The van der Waals surface area contributed by atoms with Crippen LogP contribution in [0.15, 0.2) is 41.5 Å². The van der Waals surface area contributed by atoms with Gasteiger partial charge in [-0.3, -0.25) is 4.79 Å². The summed E-state index contributed by atoms with van der Waals surface area (Å²) in [5, 5.41) is 12.6. The summed E-state index contributed by atoms with van der Waals surface area (Å²) in [6.07, 6.45) is 1.50. The third kappa shape index (κ3) is 8.10. The maximum atomic E-state index is 12.0. The van der Waals surface area contributed by atoms with Crippen LogP contribution in [0, 0.1) is 0 Å². The normalized spacial score (nSPS) is 11.5. The number of aromatic nitrogens is 2. The van der Waals surface area contributed by atoms with Crippen molar-refractivity contribution in [3.63, 3.8) is 0 Å². The van der Waals surface area contributed by atoms with Crippen molar-refractivity contribution in [2.75, 3.05) is 25.6 Å². The number of amides is 1. The fourth-order valence-corrected chi connectivity index (χ4v) is 4.00. The molecule has 1 aromatic heterocycles. The van der Waals surface area contributed by atoms with E-state index in [0.29, 0.717) is 45.4 Å². The number of nitrogens with two attached hydrogens (primary N) is 1. The Morgan fingerprint density at radius 3 is 2.50 bits per heavy atom. The standard InChI is InChI=1S/C25H30ClN5O4S/c1-5-33-20-13-16(15-28-29-21(32)14-22-30-31-24(27)36-22)12-19(26)23(20)35-11-10-34-18-8-6-17(7-9-18)25(2,3)4/h6-9,12-13,15H,5,10-11,14H2,1-4H3,(H2,27,31)(H,29,32). The van der Waals surface area contributed by atoms with Gasteiger partial charge in [0.15, 0.2) is 11.5 Å². The minimum Gasteiger partial charge on any atom is -0.490 e. The van der Waals surface area contributed by atoms with Crippen LogP contribution < -0.4 is 25.4 Å². The Balaban J connectivity index is 1.55. The van der Waals surface area contributed by atoms with Gasteiger partial charge in [0, 0.05) is 0 Å². The van der Waals surface area contributed by atoms with E-state index in [2.05, 4.69) is 53.6 Å². The van der Waals surface area contributed by atoms with Crippen molar-refractivity contribution in [3.8, 4) is 17.2 Å². The minimum absolute atomic E-state index is 0.0345. The molecule has 0 radical (unpaired) electrons. The number of carbonyl (C=O) groups excluding carboxylic acids is 1. The van der Waals surface area contributed by atoms with Gasteiger partial charge in [0.05, 0.1) is 24.3 Å². The SMILES string of the molecule is CCOc1cc(C=NNC(=O)Cc2nnc(N)s2)cc(Cl)c1OCCOc1ccc(C(C)(C)C)cc1. The molecular formula is C25H30ClN5O4S. The molecule has 3 N–H and O–H groups in total. The maximum absolute atomic E-state index is 12.0. The number of hydrogen-bond donors (Lipinski definition) is 2. The van der Waals surface area contributed by atoms with E-state index in [1.807, 2.05) is 19.1 Å². The highest BCUT2D eigenvalue weighted by atomic mass is 35.5. The topological polar surface area (TPSA) is 121 Å². The van der Waals surface area contributed by atoms with Crippen molar-refractivity contribution >= 4 is 40.2 Å². The number of nitrogens with zero attached hydrogens (tertiary/aromatic N) is 3. The number of hydrogen-bond acceptors (Lipinski definition) is 9. The van der Waals surface area contributed by atoms with Gasteiger partial charge < -0.3 is 19.9 Å². The summed E-state index contributed by atoms with van der Waals surface area (Å²) in [6, 6.07) is 11.4. The zero-order chi connectivity index (χ0) is 26.1. The molecule has 192 valence electrons. The van der Waals surface area contributed by atoms with E-state index in [9.17, 15) is 4.79 Å². The van der Waals surface area contributed by atoms with Crippen molar-refractivity contribution < 1.29 is 19.0 Å². The second-order valence-corrected chi connectivity index (χ2v) is 10.2. The molecule has 1 heterocycles. The highest BCUT2D eigenvalue weighted by molar-refractivity contribution is 7.15. The molecule has 0 atom stereocenters. The molecule has 0 saturated heterocycles. The summed E-state index contributed by atoms with van der Waals surface area (Å²) in [5.41, 5.74) is 9.92. The highest BCUT2D eigenvalue weighted by Crippen LogP contribution is 2.36. The van der Waals surface area contributed by atoms with Gasteiger partial charge >= 0.3 is 0 Å². The third-order valence-corrected chi connectivity index (χ3v) is 5.88. The molecule has 0 spiro atoms. The number of anilines is 1. The number of benzene rings is 2. The van der Waals surface area contributed by atoms with Crippen LogP contribution >= 0.6 is 22.9 Å². The lowest BCUT2D eigenvalue weighted by Crippen LogP contribution is -2.19. The Labute approximate surface area is 219 Å². The van der Waals surface area contributed by atoms with Crippen molar-refractivity contribution in [2.45, 2.75) is 39.5 Å². The Bertz CT molecular complexity index is 1190. The molecule has 0 aliphatic carbocycles. The van der Waals surface area contributed by atoms with E-state index in [-0.39, 0.29) is 24.3 Å². The molecule has 0 fully saturated rings. The van der Waals surface area contributed by atoms with Crippen molar-refractivity contribution in [2.24, 2.45) is 5.10 Å². The highest BCUT2D eigenvalue weighted by Gasteiger charge is 2.14. The van der Waals surface area contributed by atoms with Crippen LogP contribution in [0.3, 0.4) is 0 Å². The molecule has 3 aromatic rings. The van der Waals surface area contributed by atoms with Crippen LogP contribution in [0.1, 0.15) is 43.8 Å². The van der Waals surface area contributed by atoms with Gasteiger partial charge in [-0.1, -0.05) is 55.8 Å². The lowest BCUT2D eigenvalue weighted by Gasteiger charge is -2.19. The molecule has 1 amide bonds. The van der Waals surface area contributed by atoms with E-state index in [1.165, 1.54) is 11.8 Å². The van der Waals surface area contributed by atoms with E-state index in [4.69, 9.17) is 31.5 Å². The van der Waals surface area contributed by atoms with Gasteiger partial charge in [-0.25, -0.2) is 5.43 Å². The number of ether oxygens (including phenoxy) is 3. The van der Waals surface area contributed by atoms with Gasteiger partial charge in [-0.2, -0.15) is 5.10 Å². The fraction of sp³-hybridized carbons (Fsp3) is 0.360. The first kappa shape index (κ1) is 27.2. The van der Waals surface area contributed by atoms with Crippen LogP contribution in [0.2, 0.25) is 5.02 Å². The predicted molar refractivity (Wildman–Crippen MR) is 143 cm³/mol. The van der Waals surface area contributed by atoms with Gasteiger partial charge in [0.1, 0.15) is 24.0 Å². The molecule has 0 bridgehead atoms. The van der Waals surface area contributed by atoms with Gasteiger partial charge in [0.2, 0.25) is 11.0 Å². The van der Waals surface area contributed by atoms with Crippen LogP contribution in [0.25, 0.3) is 0 Å². The van der Waals surface area contributed by atoms with Crippen LogP contribution in [-0.4, -0.2) is 42.1 Å². The lowest BCUT2D eigenvalue weighted by molar-refractivity contribution is -0.120. The molecule has 0 saturated carbocycles. The quantitative estimate of drug-likeness (QED) is 0.210. The lowest BCUT2D eigenvalue weighted by atomic mass is 9.87. The largest absolute Gasteiger partial charge is 0.490 e. The number of nitrogen functional groups attached to an aromatic ring is 1. The predicted octanol–water partition coefficient (Wildman–Crippen LogP) is 4.62. The van der Waals surface area contributed by atoms with Crippen molar-refractivity contribution in [3.05, 3.63) is 57.6 Å². The molecule has 11 heteroatoms. The van der Waals surface area contributed by atoms with Crippen molar-refractivity contribution in [1.82, 2.24) is 15.6 Å². The first-order valence-electron chi connectivity index (χ1n) is 11.4. The Hall–Kier alpha value is -3.37. The van der Waals surface area contributed by atoms with Crippen molar-refractivity contribution in [1.29, 1.82) is 0 Å². The molecule has 0 aliphatic heterocycles. The van der Waals surface area contributed by atoms with E-state index in [1.54, 1.807) is 12.1 Å². The van der Waals surface area contributed by atoms with Crippen LogP contribution in [0.5, 0.6) is 17.2 Å². The second kappa shape index (κ2) is 12.5. The van der Waals surface area contributed by atoms with E-state index >= 15 is 0 Å². The molecule has 3 rings (SSSR count). The molecule has 2 aromatic carbocycles. The first-order valence-corrected chi connectivity index (χ1v) is 12.6. The number of hydrazone groups is 1. The first-order chi connectivity index (χ1) is 17.2. The van der Waals surface area contributed by atoms with Crippen LogP contribution in [0.4, 0.5) is 5.13 Å². The number of halogens is 1. The number of carbonyl (C=O) groups is 1. The molecular weight excluding hydrogens is 502 g/mol. The summed E-state index contributed by atoms with van der Waals surface area (Å²) in [6.45, 7) is 9.41. The van der Waals surface area contributed by atoms with Gasteiger partial charge in [0.25, 0.3) is 0 Å². The summed E-state index contributed by atoms with van der Waals surface area (Å²) >= 11 is 7.61. The zero-order valence-corrected chi connectivity index (χ0v) is 22.3. The Morgan fingerprint density at radius 1 is 1.14 bits per heavy atom. The number of nitrogens with one attached hydrogen (secondary N) is 1. The number of rotatable bonds is 11. The third-order valence-electron chi connectivity index (χ3n) is 4.85. The fourth-order valence-electron chi connectivity index (χ4n) is 3.11. The van der Waals surface area contributed by atoms with Gasteiger partial charge in [-0.15, -0.1) is 10.2 Å². The summed E-state index contributed by atoms with van der Waals surface area (Å²) < 4.78 is 17.4. The molecule has 9 nitrogen and oxygen atoms in total. The van der Waals surface area contributed by atoms with Gasteiger partial charge in [-0.05, 0) is 47.7 Å². The van der Waals surface area contributed by atoms with E-state index in [0.717, 1.165) is 17.1 Å². The second-order valence-electron chi connectivity index (χ2n) is 8.74. The van der Waals surface area contributed by atoms with Crippen LogP contribution in [-0.2, 0) is 16.6 Å². The average Bonchev–Trinajstić information content (AvgIpc) is 3.22. The Morgan fingerprint density at radius 2 is 1.86 bits per heavy atom. The summed E-state index contributed by atoms with van der Waals surface area (Å²) in [4.78, 5) is 12.0. The summed E-state index contributed by atoms with van der Waals surface area (Å²) in [7, 11) is 0. The van der Waals surface area contributed by atoms with E-state index < -0.39 is 0 Å². The molecule has 0 aliphatic rings. The minimum atomic E-state index is -0.341. The smallest absolute Gasteiger partial charge is 0.247 e. The monoisotopic (exact) mass is 531 g/mol.